The number of carbonyl (C=O) groups excluding carboxylic acids is 1. The quantitative estimate of drug-likeness (QED) is 0.778. The lowest BCUT2D eigenvalue weighted by Crippen LogP contribution is -2.25. The molecule has 1 amide bonds. The molecule has 1 heterocycles. The van der Waals surface area contributed by atoms with Crippen molar-refractivity contribution in [2.24, 2.45) is 0 Å². The van der Waals surface area contributed by atoms with E-state index in [-0.39, 0.29) is 11.4 Å². The van der Waals surface area contributed by atoms with Crippen molar-refractivity contribution in [1.82, 2.24) is 4.57 Å². The maximum Gasteiger partial charge on any atom is 0.283 e. The minimum Gasteiger partial charge on any atom is -0.505 e. The summed E-state index contributed by atoms with van der Waals surface area (Å²) >= 11 is 0. The number of rotatable bonds is 3. The molecule has 0 bridgehead atoms. The number of nitrogens with zero attached hydrogens (tertiary/aromatic N) is 1. The summed E-state index contributed by atoms with van der Waals surface area (Å²) in [5.41, 5.74) is 1.34. The highest BCUT2D eigenvalue weighted by atomic mass is 16.3. The highest BCUT2D eigenvalue weighted by Crippen LogP contribution is 2.28. The van der Waals surface area contributed by atoms with E-state index in [1.165, 1.54) is 17.6 Å². The molecule has 0 unspecified atom stereocenters. The Hall–Kier alpha value is -3.34. The monoisotopic (exact) mass is 320 g/mol. The summed E-state index contributed by atoms with van der Waals surface area (Å²) in [7, 11) is 0. The summed E-state index contributed by atoms with van der Waals surface area (Å²) in [5, 5.41) is 12.6. The van der Waals surface area contributed by atoms with Crippen molar-refractivity contribution >= 4 is 11.6 Å². The third-order valence-electron chi connectivity index (χ3n) is 3.57. The molecule has 120 valence electrons. The molecule has 0 fully saturated rings. The molecule has 0 saturated heterocycles. The molecule has 0 aliphatic heterocycles. The first-order chi connectivity index (χ1) is 11.6. The van der Waals surface area contributed by atoms with Crippen molar-refractivity contribution in [3.8, 4) is 22.7 Å². The Morgan fingerprint density at radius 2 is 1.58 bits per heavy atom. The Bertz CT molecular complexity index is 932. The normalized spacial score (nSPS) is 10.4. The van der Waals surface area contributed by atoms with Crippen LogP contribution < -0.4 is 10.9 Å². The molecule has 0 aliphatic rings. The fraction of sp³-hybridized carbons (Fsp3) is 0.0526. The van der Waals surface area contributed by atoms with Gasteiger partial charge in [-0.3, -0.25) is 14.2 Å². The van der Waals surface area contributed by atoms with E-state index in [0.717, 1.165) is 5.56 Å². The van der Waals surface area contributed by atoms with Gasteiger partial charge in [-0.2, -0.15) is 0 Å². The largest absolute Gasteiger partial charge is 0.505 e. The molecule has 3 aromatic rings. The van der Waals surface area contributed by atoms with Crippen LogP contribution in [0.25, 0.3) is 16.9 Å². The Morgan fingerprint density at radius 1 is 1.00 bits per heavy atom. The number of hydrogen-bond donors (Lipinski definition) is 2. The minimum atomic E-state index is -0.491. The predicted octanol–water partition coefficient (Wildman–Crippen LogP) is 3.17. The van der Waals surface area contributed by atoms with E-state index in [4.69, 9.17) is 0 Å². The first-order valence-electron chi connectivity index (χ1n) is 7.45. The number of benzene rings is 2. The molecule has 0 spiro atoms. The van der Waals surface area contributed by atoms with Crippen LogP contribution in [0.1, 0.15) is 6.92 Å². The lowest BCUT2D eigenvalue weighted by molar-refractivity contribution is -0.114. The highest BCUT2D eigenvalue weighted by molar-refractivity contribution is 5.90. The third-order valence-corrected chi connectivity index (χ3v) is 3.57. The first-order valence-corrected chi connectivity index (χ1v) is 7.45. The summed E-state index contributed by atoms with van der Waals surface area (Å²) in [4.78, 5) is 24.3. The second kappa shape index (κ2) is 6.42. The second-order valence-electron chi connectivity index (χ2n) is 5.31. The van der Waals surface area contributed by atoms with Gasteiger partial charge in [0.1, 0.15) is 11.4 Å². The Morgan fingerprint density at radius 3 is 2.17 bits per heavy atom. The van der Waals surface area contributed by atoms with Gasteiger partial charge >= 0.3 is 0 Å². The summed E-state index contributed by atoms with van der Waals surface area (Å²) in [6.45, 7) is 1.29. The zero-order valence-electron chi connectivity index (χ0n) is 13.1. The van der Waals surface area contributed by atoms with Crippen LogP contribution in [0.3, 0.4) is 0 Å². The number of carbonyl (C=O) groups is 1. The number of para-hydroxylation sites is 1. The van der Waals surface area contributed by atoms with Gasteiger partial charge in [0.05, 0.1) is 5.69 Å². The molecule has 0 aliphatic carbocycles. The molecule has 1 aromatic heterocycles. The summed E-state index contributed by atoms with van der Waals surface area (Å²) < 4.78 is 1.47. The van der Waals surface area contributed by atoms with Crippen LogP contribution in [0.4, 0.5) is 5.69 Å². The third kappa shape index (κ3) is 2.92. The molecule has 24 heavy (non-hydrogen) atoms. The van der Waals surface area contributed by atoms with Crippen LogP contribution in [0.2, 0.25) is 0 Å². The molecule has 5 heteroatoms. The summed E-state index contributed by atoms with van der Waals surface area (Å²) in [6, 6.07) is 19.9. The predicted molar refractivity (Wildman–Crippen MR) is 93.4 cm³/mol. The summed E-state index contributed by atoms with van der Waals surface area (Å²) in [5.74, 6) is -0.685. The summed E-state index contributed by atoms with van der Waals surface area (Å²) in [6.07, 6.45) is 0. The topological polar surface area (TPSA) is 71.3 Å². The van der Waals surface area contributed by atoms with Gasteiger partial charge in [-0.25, -0.2) is 0 Å². The van der Waals surface area contributed by atoms with E-state index in [1.54, 1.807) is 12.1 Å². The first kappa shape index (κ1) is 15.6. The standard InChI is InChI=1S/C19H16N2O3/c1-13(22)20-18-17(23)12-16(14-8-4-2-5-9-14)21(19(18)24)15-10-6-3-7-11-15/h2-12,23H,1H3,(H,20,22). The van der Waals surface area contributed by atoms with Crippen LogP contribution in [-0.4, -0.2) is 15.6 Å². The van der Waals surface area contributed by atoms with Crippen LogP contribution in [0.5, 0.6) is 5.75 Å². The van der Waals surface area contributed by atoms with Crippen molar-refractivity contribution < 1.29 is 9.90 Å². The van der Waals surface area contributed by atoms with Crippen molar-refractivity contribution in [3.05, 3.63) is 77.1 Å². The average Bonchev–Trinajstić information content (AvgIpc) is 2.59. The maximum absolute atomic E-state index is 12.9. The van der Waals surface area contributed by atoms with E-state index in [0.29, 0.717) is 11.4 Å². The van der Waals surface area contributed by atoms with E-state index in [1.807, 2.05) is 48.5 Å². The van der Waals surface area contributed by atoms with E-state index < -0.39 is 11.5 Å². The van der Waals surface area contributed by atoms with Crippen molar-refractivity contribution in [1.29, 1.82) is 0 Å². The molecule has 5 nitrogen and oxygen atoms in total. The van der Waals surface area contributed by atoms with E-state index in [2.05, 4.69) is 5.32 Å². The zero-order valence-corrected chi connectivity index (χ0v) is 13.1. The number of nitrogens with one attached hydrogen (secondary N) is 1. The Balaban J connectivity index is 2.34. The minimum absolute atomic E-state index is 0.133. The highest BCUT2D eigenvalue weighted by Gasteiger charge is 2.17. The van der Waals surface area contributed by atoms with E-state index in [9.17, 15) is 14.7 Å². The lowest BCUT2D eigenvalue weighted by atomic mass is 10.1. The van der Waals surface area contributed by atoms with Crippen LogP contribution >= 0.6 is 0 Å². The van der Waals surface area contributed by atoms with Gasteiger partial charge in [0.2, 0.25) is 5.91 Å². The number of aromatic nitrogens is 1. The van der Waals surface area contributed by atoms with Crippen LogP contribution in [-0.2, 0) is 4.79 Å². The van der Waals surface area contributed by atoms with Crippen molar-refractivity contribution in [2.75, 3.05) is 5.32 Å². The van der Waals surface area contributed by atoms with Crippen molar-refractivity contribution in [2.45, 2.75) is 6.92 Å². The molecule has 2 N–H and O–H groups in total. The molecule has 2 aromatic carbocycles. The fourth-order valence-corrected chi connectivity index (χ4v) is 2.55. The SMILES string of the molecule is CC(=O)Nc1c(O)cc(-c2ccccc2)n(-c2ccccc2)c1=O. The molecule has 0 atom stereocenters. The number of aromatic hydroxyl groups is 1. The number of pyridine rings is 1. The number of anilines is 1. The van der Waals surface area contributed by atoms with Gasteiger partial charge in [0.15, 0.2) is 0 Å². The zero-order chi connectivity index (χ0) is 17.1. The van der Waals surface area contributed by atoms with E-state index >= 15 is 0 Å². The van der Waals surface area contributed by atoms with Gasteiger partial charge in [-0.15, -0.1) is 0 Å². The van der Waals surface area contributed by atoms with Gasteiger partial charge in [0, 0.05) is 18.7 Å². The molecule has 3 rings (SSSR count). The smallest absolute Gasteiger partial charge is 0.283 e. The Kier molecular flexibility index (Phi) is 4.16. The molecule has 0 radical (unpaired) electrons. The number of amides is 1. The maximum atomic E-state index is 12.9. The molecule has 0 saturated carbocycles. The van der Waals surface area contributed by atoms with Gasteiger partial charge in [0.25, 0.3) is 5.56 Å². The van der Waals surface area contributed by atoms with Crippen molar-refractivity contribution in [3.63, 3.8) is 0 Å². The second-order valence-corrected chi connectivity index (χ2v) is 5.31. The fourth-order valence-electron chi connectivity index (χ4n) is 2.55. The van der Waals surface area contributed by atoms with Gasteiger partial charge < -0.3 is 10.4 Å². The average molecular weight is 320 g/mol. The lowest BCUT2D eigenvalue weighted by Gasteiger charge is -2.16. The number of hydrogen-bond acceptors (Lipinski definition) is 3. The van der Waals surface area contributed by atoms with Crippen LogP contribution in [0, 0.1) is 0 Å². The molecular weight excluding hydrogens is 304 g/mol. The van der Waals surface area contributed by atoms with Gasteiger partial charge in [-0.05, 0) is 17.7 Å². The molecular formula is C19H16N2O3. The van der Waals surface area contributed by atoms with Crippen LogP contribution in [0.15, 0.2) is 71.5 Å². The Labute approximate surface area is 138 Å². The van der Waals surface area contributed by atoms with Gasteiger partial charge in [-0.1, -0.05) is 48.5 Å².